The summed E-state index contributed by atoms with van der Waals surface area (Å²) in [6.45, 7) is 4.22. The van der Waals surface area contributed by atoms with Crippen molar-refractivity contribution in [2.75, 3.05) is 5.32 Å². The molecule has 34 heavy (non-hydrogen) atoms. The van der Waals surface area contributed by atoms with E-state index < -0.39 is 23.1 Å². The number of anilines is 1. The molecule has 0 saturated carbocycles. The van der Waals surface area contributed by atoms with Crippen LogP contribution < -0.4 is 10.9 Å². The number of rotatable bonds is 4. The van der Waals surface area contributed by atoms with Crippen LogP contribution in [0.15, 0.2) is 65.5 Å². The number of carbonyl (C=O) groups excluding carboxylic acids is 1. The molecule has 0 bridgehead atoms. The number of carbonyl (C=O) groups is 1. The van der Waals surface area contributed by atoms with Gasteiger partial charge in [0, 0.05) is 6.07 Å². The number of hydrogen-bond acceptors (Lipinski definition) is 4. The maximum Gasteiger partial charge on any atom is 0.296 e. The minimum Gasteiger partial charge on any atom is -0.317 e. The van der Waals surface area contributed by atoms with E-state index in [4.69, 9.17) is 0 Å². The fourth-order valence-corrected chi connectivity index (χ4v) is 3.78. The number of amides is 1. The van der Waals surface area contributed by atoms with Crippen molar-refractivity contribution in [1.82, 2.24) is 19.2 Å². The second-order valence-corrected chi connectivity index (χ2v) is 8.12. The Morgan fingerprint density at radius 1 is 0.941 bits per heavy atom. The SMILES string of the molecule is Cc1ccc(Cn2c(=O)c3nc(C(=O)Nc4ccc(F)cc4F)nn3c3ccc(C)cc32)cc1. The van der Waals surface area contributed by atoms with E-state index in [9.17, 15) is 18.4 Å². The monoisotopic (exact) mass is 459 g/mol. The van der Waals surface area contributed by atoms with Gasteiger partial charge < -0.3 is 5.32 Å². The topological polar surface area (TPSA) is 81.3 Å². The van der Waals surface area contributed by atoms with Crippen molar-refractivity contribution in [2.45, 2.75) is 20.4 Å². The van der Waals surface area contributed by atoms with Crippen LogP contribution in [0.5, 0.6) is 0 Å². The molecule has 9 heteroatoms. The van der Waals surface area contributed by atoms with Gasteiger partial charge in [-0.25, -0.2) is 13.3 Å². The van der Waals surface area contributed by atoms with E-state index in [0.29, 0.717) is 23.6 Å². The zero-order valence-corrected chi connectivity index (χ0v) is 18.3. The Labute approximate surface area is 192 Å². The second kappa shape index (κ2) is 8.18. The van der Waals surface area contributed by atoms with Gasteiger partial charge in [-0.1, -0.05) is 35.9 Å². The van der Waals surface area contributed by atoms with Crippen LogP contribution in [0.1, 0.15) is 27.3 Å². The third-order valence-electron chi connectivity index (χ3n) is 5.54. The predicted octanol–water partition coefficient (Wildman–Crippen LogP) is 4.24. The van der Waals surface area contributed by atoms with Gasteiger partial charge in [0.1, 0.15) is 11.6 Å². The first kappa shape index (κ1) is 21.4. The van der Waals surface area contributed by atoms with Crippen LogP contribution >= 0.6 is 0 Å². The molecule has 0 fully saturated rings. The van der Waals surface area contributed by atoms with Crippen LogP contribution in [0, 0.1) is 25.5 Å². The highest BCUT2D eigenvalue weighted by Gasteiger charge is 2.20. The number of fused-ring (bicyclic) bond motifs is 3. The van der Waals surface area contributed by atoms with Gasteiger partial charge in [0.05, 0.1) is 23.3 Å². The lowest BCUT2D eigenvalue weighted by atomic mass is 10.1. The number of hydrogen-bond donors (Lipinski definition) is 1. The van der Waals surface area contributed by atoms with Crippen molar-refractivity contribution >= 4 is 28.3 Å². The van der Waals surface area contributed by atoms with Crippen molar-refractivity contribution < 1.29 is 13.6 Å². The van der Waals surface area contributed by atoms with Gasteiger partial charge in [0.25, 0.3) is 11.5 Å². The van der Waals surface area contributed by atoms with Gasteiger partial charge in [0.2, 0.25) is 11.5 Å². The maximum absolute atomic E-state index is 14.0. The Morgan fingerprint density at radius 3 is 2.41 bits per heavy atom. The summed E-state index contributed by atoms with van der Waals surface area (Å²) in [5, 5.41) is 6.54. The fraction of sp³-hybridized carbons (Fsp3) is 0.120. The number of aryl methyl sites for hydroxylation is 2. The van der Waals surface area contributed by atoms with Gasteiger partial charge >= 0.3 is 0 Å². The standard InChI is InChI=1S/C25H19F2N5O2/c1-14-3-6-16(7-4-14)13-31-21-11-15(2)5-10-20(21)32-23(25(31)34)29-22(30-32)24(33)28-19-9-8-17(26)12-18(19)27/h3-12H,13H2,1-2H3,(H,28,33). The molecule has 2 aromatic heterocycles. The Kier molecular flexibility index (Phi) is 5.16. The van der Waals surface area contributed by atoms with E-state index >= 15 is 0 Å². The lowest BCUT2D eigenvalue weighted by molar-refractivity contribution is 0.101. The van der Waals surface area contributed by atoms with E-state index in [1.807, 2.05) is 50.2 Å². The highest BCUT2D eigenvalue weighted by atomic mass is 19.1. The molecule has 0 aliphatic rings. The quantitative estimate of drug-likeness (QED) is 0.436. The Balaban J connectivity index is 1.63. The molecule has 0 spiro atoms. The van der Waals surface area contributed by atoms with Crippen molar-refractivity contribution in [1.29, 1.82) is 0 Å². The Hall–Kier alpha value is -4.40. The number of nitrogens with zero attached hydrogens (tertiary/aromatic N) is 4. The smallest absolute Gasteiger partial charge is 0.296 e. The maximum atomic E-state index is 14.0. The summed E-state index contributed by atoms with van der Waals surface area (Å²) in [5.41, 5.74) is 3.55. The predicted molar refractivity (Wildman–Crippen MR) is 124 cm³/mol. The molecule has 0 saturated heterocycles. The van der Waals surface area contributed by atoms with Gasteiger partial charge in [-0.2, -0.15) is 4.98 Å². The highest BCUT2D eigenvalue weighted by molar-refractivity contribution is 6.02. The van der Waals surface area contributed by atoms with E-state index in [1.165, 1.54) is 4.52 Å². The zero-order chi connectivity index (χ0) is 24.0. The van der Waals surface area contributed by atoms with Crippen molar-refractivity contribution in [2.24, 2.45) is 0 Å². The zero-order valence-electron chi connectivity index (χ0n) is 18.3. The van der Waals surface area contributed by atoms with Gasteiger partial charge in [-0.15, -0.1) is 5.10 Å². The number of aromatic nitrogens is 4. The van der Waals surface area contributed by atoms with Crippen molar-refractivity contribution in [3.8, 4) is 0 Å². The molecule has 5 aromatic rings. The van der Waals surface area contributed by atoms with Crippen molar-refractivity contribution in [3.05, 3.63) is 105 Å². The Morgan fingerprint density at radius 2 is 1.68 bits per heavy atom. The summed E-state index contributed by atoms with van der Waals surface area (Å²) >= 11 is 0. The molecule has 3 aromatic carbocycles. The van der Waals surface area contributed by atoms with Crippen LogP contribution in [0.2, 0.25) is 0 Å². The lowest BCUT2D eigenvalue weighted by Crippen LogP contribution is -2.24. The minimum absolute atomic E-state index is 0.0341. The summed E-state index contributed by atoms with van der Waals surface area (Å²) in [6, 6.07) is 16.2. The largest absolute Gasteiger partial charge is 0.317 e. The van der Waals surface area contributed by atoms with Crippen LogP contribution in [0.3, 0.4) is 0 Å². The molecule has 5 rings (SSSR count). The second-order valence-electron chi connectivity index (χ2n) is 8.12. The summed E-state index contributed by atoms with van der Waals surface area (Å²) < 4.78 is 30.1. The number of nitrogens with one attached hydrogen (secondary N) is 1. The number of benzene rings is 3. The summed E-state index contributed by atoms with van der Waals surface area (Å²) in [7, 11) is 0. The molecule has 0 radical (unpaired) electrons. The Bertz CT molecular complexity index is 1640. The van der Waals surface area contributed by atoms with Crippen LogP contribution in [-0.2, 0) is 6.54 Å². The average molecular weight is 459 g/mol. The molecule has 0 atom stereocenters. The minimum atomic E-state index is -0.932. The van der Waals surface area contributed by atoms with Crippen molar-refractivity contribution in [3.63, 3.8) is 0 Å². The molecule has 1 N–H and O–H groups in total. The molecule has 0 aliphatic heterocycles. The van der Waals surface area contributed by atoms with E-state index in [1.54, 1.807) is 10.6 Å². The first-order chi connectivity index (χ1) is 16.3. The van der Waals surface area contributed by atoms with E-state index in [0.717, 1.165) is 28.8 Å². The summed E-state index contributed by atoms with van der Waals surface area (Å²) in [5.74, 6) is -2.83. The fourth-order valence-electron chi connectivity index (χ4n) is 3.78. The van der Waals surface area contributed by atoms with Crippen LogP contribution in [0.4, 0.5) is 14.5 Å². The van der Waals surface area contributed by atoms with Gasteiger partial charge in [-0.05, 0) is 49.2 Å². The molecular formula is C25H19F2N5O2. The van der Waals surface area contributed by atoms with Gasteiger partial charge in [-0.3, -0.25) is 14.2 Å². The molecule has 2 heterocycles. The molecular weight excluding hydrogens is 440 g/mol. The molecule has 0 unspecified atom stereocenters. The molecule has 1 amide bonds. The third kappa shape index (κ3) is 3.81. The van der Waals surface area contributed by atoms with E-state index in [2.05, 4.69) is 15.4 Å². The summed E-state index contributed by atoms with van der Waals surface area (Å²) in [4.78, 5) is 30.3. The van der Waals surface area contributed by atoms with E-state index in [-0.39, 0.29) is 17.2 Å². The van der Waals surface area contributed by atoms with Crippen LogP contribution in [-0.4, -0.2) is 25.1 Å². The molecule has 170 valence electrons. The molecule has 7 nitrogen and oxygen atoms in total. The van der Waals surface area contributed by atoms with Crippen LogP contribution in [0.25, 0.3) is 16.7 Å². The average Bonchev–Trinajstić information content (AvgIpc) is 3.26. The highest BCUT2D eigenvalue weighted by Crippen LogP contribution is 2.19. The first-order valence-electron chi connectivity index (χ1n) is 10.5. The molecule has 0 aliphatic carbocycles. The normalized spacial score (nSPS) is 11.3. The lowest BCUT2D eigenvalue weighted by Gasteiger charge is -2.12. The first-order valence-corrected chi connectivity index (χ1v) is 10.5. The summed E-state index contributed by atoms with van der Waals surface area (Å²) in [6.07, 6.45) is 0. The van der Waals surface area contributed by atoms with Gasteiger partial charge in [0.15, 0.2) is 0 Å². The number of halogens is 2. The third-order valence-corrected chi connectivity index (χ3v) is 5.54.